The molecular formula is C55H108N2O7P+. The van der Waals surface area contributed by atoms with Gasteiger partial charge in [-0.1, -0.05) is 225 Å². The average molecular weight is 940 g/mol. The summed E-state index contributed by atoms with van der Waals surface area (Å²) in [6, 6.07) is -0.844. The van der Waals surface area contributed by atoms with E-state index in [9.17, 15) is 19.0 Å². The molecule has 2 N–H and O–H groups in total. The number of hydrogen-bond donors (Lipinski definition) is 2. The standard InChI is InChI=1S/C55H107N2O7P/c1-7-10-13-16-19-22-25-26-27-28-29-30-33-36-39-42-45-48-55(59)64-53(46-43-40-37-34-31-23-20-17-14-11-8-2)52(51-63-65(60,61)62-50-49-57(4,5)6)56-54(58)47-44-41-38-35-32-24-21-18-15-12-9-3/h18,21,43,46,52-53H,7-17,19-20,22-42,44-45,47-51H2,1-6H3,(H-,56,58,60,61)/p+1/b21-18-,46-43-. The van der Waals surface area contributed by atoms with Gasteiger partial charge >= 0.3 is 13.8 Å². The van der Waals surface area contributed by atoms with Crippen LogP contribution in [0.2, 0.25) is 0 Å². The van der Waals surface area contributed by atoms with E-state index < -0.39 is 20.0 Å². The fourth-order valence-corrected chi connectivity index (χ4v) is 8.77. The Balaban J connectivity index is 5.29. The van der Waals surface area contributed by atoms with Crippen molar-refractivity contribution >= 4 is 19.7 Å². The summed E-state index contributed by atoms with van der Waals surface area (Å²) in [7, 11) is 1.50. The number of phosphoric ester groups is 1. The number of unbranched alkanes of at least 4 members (excludes halogenated alkanes) is 32. The van der Waals surface area contributed by atoms with Gasteiger partial charge in [0.2, 0.25) is 5.91 Å². The molecule has 1 amide bonds. The zero-order valence-electron chi connectivity index (χ0n) is 43.7. The largest absolute Gasteiger partial charge is 0.472 e. The second-order valence-corrected chi connectivity index (χ2v) is 21.6. The molecule has 0 aliphatic heterocycles. The molecule has 0 bridgehead atoms. The Labute approximate surface area is 403 Å². The number of rotatable bonds is 50. The summed E-state index contributed by atoms with van der Waals surface area (Å²) in [6.07, 6.45) is 51.7. The van der Waals surface area contributed by atoms with Crippen LogP contribution in [0, 0.1) is 0 Å². The van der Waals surface area contributed by atoms with Crippen molar-refractivity contribution in [2.24, 2.45) is 0 Å². The highest BCUT2D eigenvalue weighted by atomic mass is 31.2. The lowest BCUT2D eigenvalue weighted by atomic mass is 10.0. The van der Waals surface area contributed by atoms with Gasteiger partial charge in [-0.15, -0.1) is 0 Å². The highest BCUT2D eigenvalue weighted by Gasteiger charge is 2.30. The molecule has 0 fully saturated rings. The van der Waals surface area contributed by atoms with E-state index in [2.05, 4.69) is 38.2 Å². The Kier molecular flexibility index (Phi) is 45.2. The molecule has 10 heteroatoms. The first-order valence-electron chi connectivity index (χ1n) is 27.7. The summed E-state index contributed by atoms with van der Waals surface area (Å²) in [6.45, 7) is 6.98. The van der Waals surface area contributed by atoms with E-state index in [-0.39, 0.29) is 25.1 Å². The molecule has 0 heterocycles. The van der Waals surface area contributed by atoms with Gasteiger partial charge in [-0.2, -0.15) is 0 Å². The van der Waals surface area contributed by atoms with Crippen LogP contribution in [0.15, 0.2) is 24.3 Å². The van der Waals surface area contributed by atoms with Crippen LogP contribution in [-0.4, -0.2) is 74.3 Å². The second-order valence-electron chi connectivity index (χ2n) is 20.1. The van der Waals surface area contributed by atoms with Gasteiger partial charge in [-0.25, -0.2) is 4.57 Å². The molecule has 3 atom stereocenters. The van der Waals surface area contributed by atoms with E-state index in [1.165, 1.54) is 148 Å². The number of likely N-dealkylation sites (N-methyl/N-ethyl adjacent to an activating group) is 1. The van der Waals surface area contributed by atoms with E-state index in [1.807, 2.05) is 33.3 Å². The summed E-state index contributed by atoms with van der Waals surface area (Å²) < 4.78 is 30.5. The predicted molar refractivity (Wildman–Crippen MR) is 277 cm³/mol. The van der Waals surface area contributed by atoms with E-state index in [0.29, 0.717) is 23.9 Å². The summed E-state index contributed by atoms with van der Waals surface area (Å²) in [5, 5.41) is 3.03. The molecule has 0 rings (SSSR count). The van der Waals surface area contributed by atoms with E-state index in [1.54, 1.807) is 0 Å². The number of hydrogen-bond acceptors (Lipinski definition) is 6. The lowest BCUT2D eigenvalue weighted by Gasteiger charge is -2.27. The molecule has 0 aromatic carbocycles. The molecule has 0 aliphatic rings. The number of ether oxygens (including phenoxy) is 1. The summed E-state index contributed by atoms with van der Waals surface area (Å²) in [5.74, 6) is -0.507. The van der Waals surface area contributed by atoms with Crippen molar-refractivity contribution in [3.8, 4) is 0 Å². The number of amides is 1. The van der Waals surface area contributed by atoms with Gasteiger partial charge in [0.1, 0.15) is 19.3 Å². The Morgan fingerprint density at radius 1 is 0.523 bits per heavy atom. The van der Waals surface area contributed by atoms with Gasteiger partial charge in [-0.3, -0.25) is 18.6 Å². The minimum atomic E-state index is -4.43. The lowest BCUT2D eigenvalue weighted by Crippen LogP contribution is -2.47. The fraction of sp³-hybridized carbons (Fsp3) is 0.891. The number of allylic oxidation sites excluding steroid dienone is 3. The first kappa shape index (κ1) is 63.5. The fourth-order valence-electron chi connectivity index (χ4n) is 8.04. The van der Waals surface area contributed by atoms with E-state index in [4.69, 9.17) is 13.8 Å². The van der Waals surface area contributed by atoms with Crippen LogP contribution in [0.1, 0.15) is 265 Å². The van der Waals surface area contributed by atoms with Crippen LogP contribution >= 0.6 is 7.82 Å². The van der Waals surface area contributed by atoms with E-state index in [0.717, 1.165) is 83.5 Å². The Morgan fingerprint density at radius 3 is 1.35 bits per heavy atom. The predicted octanol–water partition coefficient (Wildman–Crippen LogP) is 16.2. The number of quaternary nitrogens is 1. The SMILES string of the molecule is CCCC/C=C\CCCCCCCC(=O)NC(COP(=O)(O)OCC[N+](C)(C)C)C(/C=C\CCCCCCCCCCC)OC(=O)CCCCCCCCCCCCCCCCCCC. The van der Waals surface area contributed by atoms with Crippen molar-refractivity contribution in [2.75, 3.05) is 40.9 Å². The van der Waals surface area contributed by atoms with Gasteiger partial charge in [0.15, 0.2) is 0 Å². The molecule has 9 nitrogen and oxygen atoms in total. The van der Waals surface area contributed by atoms with Crippen molar-refractivity contribution < 1.29 is 37.3 Å². The van der Waals surface area contributed by atoms with Crippen LogP contribution in [0.5, 0.6) is 0 Å². The summed E-state index contributed by atoms with van der Waals surface area (Å²) in [5.41, 5.74) is 0. The molecular weight excluding hydrogens is 832 g/mol. The first-order chi connectivity index (χ1) is 31.4. The third-order valence-corrected chi connectivity index (χ3v) is 13.4. The number of phosphoric acid groups is 1. The zero-order valence-corrected chi connectivity index (χ0v) is 44.6. The molecule has 0 saturated heterocycles. The second kappa shape index (κ2) is 46.2. The molecule has 384 valence electrons. The highest BCUT2D eigenvalue weighted by molar-refractivity contribution is 7.47. The number of nitrogens with one attached hydrogen (secondary N) is 1. The minimum absolute atomic E-state index is 0.0415. The Morgan fingerprint density at radius 2 is 0.908 bits per heavy atom. The zero-order chi connectivity index (χ0) is 48.0. The number of carbonyl (C=O) groups excluding carboxylic acids is 2. The topological polar surface area (TPSA) is 111 Å². The van der Waals surface area contributed by atoms with Crippen molar-refractivity contribution in [3.63, 3.8) is 0 Å². The van der Waals surface area contributed by atoms with Gasteiger partial charge in [0.05, 0.1) is 33.8 Å². The number of nitrogens with zero attached hydrogens (tertiary/aromatic N) is 1. The minimum Gasteiger partial charge on any atom is -0.456 e. The normalized spacial score (nSPS) is 14.0. The lowest BCUT2D eigenvalue weighted by molar-refractivity contribution is -0.870. The highest BCUT2D eigenvalue weighted by Crippen LogP contribution is 2.43. The quantitative estimate of drug-likeness (QED) is 0.0205. The third-order valence-electron chi connectivity index (χ3n) is 12.4. The van der Waals surface area contributed by atoms with Crippen LogP contribution in [0.4, 0.5) is 0 Å². The maximum Gasteiger partial charge on any atom is 0.472 e. The van der Waals surface area contributed by atoms with Crippen molar-refractivity contribution in [3.05, 3.63) is 24.3 Å². The van der Waals surface area contributed by atoms with Crippen molar-refractivity contribution in [2.45, 2.75) is 277 Å². The molecule has 0 saturated carbocycles. The third kappa shape index (κ3) is 47.4. The first-order valence-corrected chi connectivity index (χ1v) is 29.2. The smallest absolute Gasteiger partial charge is 0.456 e. The Hall–Kier alpha value is -1.51. The van der Waals surface area contributed by atoms with Crippen LogP contribution in [0.25, 0.3) is 0 Å². The molecule has 0 aliphatic carbocycles. The maximum atomic E-state index is 13.4. The monoisotopic (exact) mass is 940 g/mol. The van der Waals surface area contributed by atoms with Crippen LogP contribution < -0.4 is 5.32 Å². The molecule has 3 unspecified atom stereocenters. The van der Waals surface area contributed by atoms with Gasteiger partial charge in [0, 0.05) is 12.8 Å². The maximum absolute atomic E-state index is 13.4. The van der Waals surface area contributed by atoms with Crippen molar-refractivity contribution in [1.82, 2.24) is 5.32 Å². The Bertz CT molecular complexity index is 1170. The molecule has 0 aromatic heterocycles. The van der Waals surface area contributed by atoms with Gasteiger partial charge < -0.3 is 19.4 Å². The molecule has 0 aromatic rings. The summed E-state index contributed by atoms with van der Waals surface area (Å²) >= 11 is 0. The average Bonchev–Trinajstić information content (AvgIpc) is 3.26. The number of carbonyl (C=O) groups is 2. The molecule has 0 spiro atoms. The molecule has 65 heavy (non-hydrogen) atoms. The van der Waals surface area contributed by atoms with Crippen LogP contribution in [-0.2, 0) is 27.9 Å². The summed E-state index contributed by atoms with van der Waals surface area (Å²) in [4.78, 5) is 37.4. The van der Waals surface area contributed by atoms with Gasteiger partial charge in [0.25, 0.3) is 0 Å². The number of esters is 1. The van der Waals surface area contributed by atoms with Crippen LogP contribution in [0.3, 0.4) is 0 Å². The van der Waals surface area contributed by atoms with Crippen molar-refractivity contribution in [1.29, 1.82) is 0 Å². The molecule has 0 radical (unpaired) electrons. The van der Waals surface area contributed by atoms with E-state index >= 15 is 0 Å². The van der Waals surface area contributed by atoms with Gasteiger partial charge in [-0.05, 0) is 51.0 Å².